The first-order valence-electron chi connectivity index (χ1n) is 16.8. The smallest absolute Gasteiger partial charge is 0.319 e. The first kappa shape index (κ1) is 38.8. The van der Waals surface area contributed by atoms with Gasteiger partial charge in [0.25, 0.3) is 0 Å². The Balaban J connectivity index is 1.93. The molecule has 0 aromatic rings. The molecule has 3 rings (SSSR count). The van der Waals surface area contributed by atoms with Crippen LogP contribution >= 0.6 is 0 Å². The molecule has 0 saturated carbocycles. The highest BCUT2D eigenvalue weighted by molar-refractivity contribution is 6.04. The first-order valence-corrected chi connectivity index (χ1v) is 16.8. The molecule has 3 saturated heterocycles. The Bertz CT molecular complexity index is 1070. The van der Waals surface area contributed by atoms with Gasteiger partial charge in [-0.05, 0) is 88.6 Å². The van der Waals surface area contributed by atoms with Gasteiger partial charge in [-0.3, -0.25) is 24.2 Å². The maximum atomic E-state index is 14.2. The number of ether oxygens (including phenoxy) is 4. The second kappa shape index (κ2) is 15.3. The minimum absolute atomic E-state index is 0.0832. The van der Waals surface area contributed by atoms with E-state index >= 15 is 0 Å². The van der Waals surface area contributed by atoms with E-state index in [1.807, 2.05) is 70.7 Å². The van der Waals surface area contributed by atoms with Crippen LogP contribution in [0.2, 0.25) is 0 Å². The second-order valence-electron chi connectivity index (χ2n) is 15.5. The number of cyclic esters (lactones) is 1. The molecule has 3 heterocycles. The van der Waals surface area contributed by atoms with Crippen LogP contribution in [0.4, 0.5) is 0 Å². The third-order valence-electron chi connectivity index (χ3n) is 10.8. The van der Waals surface area contributed by atoms with Crippen LogP contribution in [0.25, 0.3) is 0 Å². The number of aliphatic hydroxyl groups is 1. The molecule has 0 aromatic carbocycles. The van der Waals surface area contributed by atoms with Crippen LogP contribution in [-0.4, -0.2) is 159 Å². The molecule has 12 nitrogen and oxygen atoms in total. The fraction of sp³-hybridized carbons (Fsp3) is 0.912. The van der Waals surface area contributed by atoms with Crippen molar-refractivity contribution in [2.45, 2.75) is 110 Å². The van der Waals surface area contributed by atoms with Gasteiger partial charge in [0.1, 0.15) is 18.1 Å². The lowest BCUT2D eigenvalue weighted by Gasteiger charge is -2.48. The second-order valence-corrected chi connectivity index (χ2v) is 15.5. The molecule has 3 aliphatic rings. The van der Waals surface area contributed by atoms with Crippen LogP contribution in [0.15, 0.2) is 0 Å². The zero-order valence-corrected chi connectivity index (χ0v) is 30.6. The van der Waals surface area contributed by atoms with Gasteiger partial charge in [0.15, 0.2) is 12.1 Å². The fourth-order valence-corrected chi connectivity index (χ4v) is 7.48. The number of esters is 1. The number of hydrogen-bond acceptors (Lipinski definition) is 11. The summed E-state index contributed by atoms with van der Waals surface area (Å²) in [5.41, 5.74) is -2.43. The molecule has 0 radical (unpaired) electrons. The van der Waals surface area contributed by atoms with E-state index in [9.17, 15) is 19.5 Å². The molecule has 3 fully saturated rings. The van der Waals surface area contributed by atoms with Gasteiger partial charge in [0.05, 0.1) is 23.9 Å². The van der Waals surface area contributed by atoms with Gasteiger partial charge in [0, 0.05) is 50.7 Å². The number of amides is 1. The number of carbonyl (C=O) groups excluding carboxylic acids is 3. The molecule has 46 heavy (non-hydrogen) atoms. The zero-order valence-electron chi connectivity index (χ0n) is 30.6. The molecule has 0 aliphatic carbocycles. The molecule has 3 aliphatic heterocycles. The predicted molar refractivity (Wildman–Crippen MR) is 175 cm³/mol. The van der Waals surface area contributed by atoms with Crippen LogP contribution < -0.4 is 0 Å². The van der Waals surface area contributed by atoms with Gasteiger partial charge in [-0.2, -0.15) is 0 Å². The summed E-state index contributed by atoms with van der Waals surface area (Å²) in [5.74, 6) is -1.43. The highest BCUT2D eigenvalue weighted by Crippen LogP contribution is 2.38. The average Bonchev–Trinajstić information content (AvgIpc) is 2.95. The van der Waals surface area contributed by atoms with Crippen molar-refractivity contribution >= 4 is 17.7 Å². The molecule has 1 unspecified atom stereocenters. The number of carbonyl (C=O) groups is 3. The van der Waals surface area contributed by atoms with E-state index in [4.69, 9.17) is 18.9 Å². The normalized spacial score (nSPS) is 38.0. The van der Waals surface area contributed by atoms with Crippen LogP contribution in [0.5, 0.6) is 0 Å². The van der Waals surface area contributed by atoms with Gasteiger partial charge >= 0.3 is 5.97 Å². The standard InChI is InChI=1S/C34H62N4O8/c1-20-15-34(7,43-13)29(46-31-27(39)25(36(10)11)14-21(2)45-31)22(3)28(40)33(5,6)32(42)44-19-26(37(12)16-20)24-17-38(18-24)30(41)23(4)35(8)9/h20-27,29,31,39H,14-19H2,1-13H3/t20-,21-,22+,23?,25+,26-,27-,29-,31+,34-/m1/s1. The van der Waals surface area contributed by atoms with E-state index in [1.54, 1.807) is 27.9 Å². The molecule has 12 heteroatoms. The minimum Gasteiger partial charge on any atom is -0.463 e. The predicted octanol–water partition coefficient (Wildman–Crippen LogP) is 1.73. The van der Waals surface area contributed by atoms with Crippen LogP contribution in [0.3, 0.4) is 0 Å². The number of likely N-dealkylation sites (tertiary alicyclic amines) is 1. The molecule has 0 bridgehead atoms. The van der Waals surface area contributed by atoms with Crippen molar-refractivity contribution in [3.63, 3.8) is 0 Å². The number of ketones is 1. The molecular weight excluding hydrogens is 592 g/mol. The Morgan fingerprint density at radius 3 is 2.22 bits per heavy atom. The largest absolute Gasteiger partial charge is 0.463 e. The van der Waals surface area contributed by atoms with Gasteiger partial charge in [-0.1, -0.05) is 13.8 Å². The topological polar surface area (TPSA) is 121 Å². The monoisotopic (exact) mass is 654 g/mol. The Hall–Kier alpha value is -1.67. The molecule has 0 aromatic heterocycles. The first-order chi connectivity index (χ1) is 21.2. The molecular formula is C34H62N4O8. The van der Waals surface area contributed by atoms with Gasteiger partial charge in [-0.15, -0.1) is 0 Å². The number of rotatable bonds is 7. The number of Topliss-reactive ketones (excluding diaryl/α,β-unsaturated/α-hetero) is 1. The van der Waals surface area contributed by atoms with E-state index in [0.29, 0.717) is 32.5 Å². The summed E-state index contributed by atoms with van der Waals surface area (Å²) in [4.78, 5) is 48.7. The third-order valence-corrected chi connectivity index (χ3v) is 10.8. The average molecular weight is 655 g/mol. The van der Waals surface area contributed by atoms with E-state index in [-0.39, 0.29) is 54.4 Å². The van der Waals surface area contributed by atoms with Crippen LogP contribution in [-0.2, 0) is 33.3 Å². The Morgan fingerprint density at radius 1 is 1.07 bits per heavy atom. The van der Waals surface area contributed by atoms with Gasteiger partial charge in [-0.25, -0.2) is 0 Å². The number of likely N-dealkylation sites (N-methyl/N-ethyl adjacent to an activating group) is 3. The van der Waals surface area contributed by atoms with E-state index in [0.717, 1.165) is 0 Å². The van der Waals surface area contributed by atoms with Crippen molar-refractivity contribution in [2.75, 3.05) is 68.6 Å². The summed E-state index contributed by atoms with van der Waals surface area (Å²) < 4.78 is 24.9. The van der Waals surface area contributed by atoms with Gasteiger partial charge in [0.2, 0.25) is 5.91 Å². The van der Waals surface area contributed by atoms with E-state index in [2.05, 4.69) is 11.8 Å². The van der Waals surface area contributed by atoms with Crippen molar-refractivity contribution in [2.24, 2.45) is 23.2 Å². The summed E-state index contributed by atoms with van der Waals surface area (Å²) in [6.07, 6.45) is -1.76. The lowest BCUT2D eigenvalue weighted by Crippen LogP contribution is -2.62. The maximum Gasteiger partial charge on any atom is 0.319 e. The number of aliphatic hydroxyl groups excluding tert-OH is 1. The van der Waals surface area contributed by atoms with E-state index < -0.39 is 41.4 Å². The van der Waals surface area contributed by atoms with Crippen molar-refractivity contribution in [3.8, 4) is 0 Å². The fourth-order valence-electron chi connectivity index (χ4n) is 7.48. The quantitative estimate of drug-likeness (QED) is 0.319. The van der Waals surface area contributed by atoms with Crippen molar-refractivity contribution in [1.82, 2.24) is 19.6 Å². The van der Waals surface area contributed by atoms with Gasteiger partial charge < -0.3 is 33.9 Å². The molecule has 266 valence electrons. The highest BCUT2D eigenvalue weighted by atomic mass is 16.7. The van der Waals surface area contributed by atoms with Crippen molar-refractivity contribution in [3.05, 3.63) is 0 Å². The summed E-state index contributed by atoms with van der Waals surface area (Å²) in [6, 6.07) is -0.544. The Labute approximate surface area is 277 Å². The summed E-state index contributed by atoms with van der Waals surface area (Å²) in [6.45, 7) is 14.8. The zero-order chi connectivity index (χ0) is 34.9. The summed E-state index contributed by atoms with van der Waals surface area (Å²) in [7, 11) is 11.2. The number of hydrogen-bond donors (Lipinski definition) is 1. The minimum atomic E-state index is -1.47. The van der Waals surface area contributed by atoms with Crippen LogP contribution in [0, 0.1) is 23.2 Å². The summed E-state index contributed by atoms with van der Waals surface area (Å²) in [5, 5.41) is 11.3. The Morgan fingerprint density at radius 2 is 1.67 bits per heavy atom. The van der Waals surface area contributed by atoms with Crippen molar-refractivity contribution in [1.29, 1.82) is 0 Å². The van der Waals surface area contributed by atoms with E-state index in [1.165, 1.54) is 0 Å². The lowest BCUT2D eigenvalue weighted by atomic mass is 9.74. The highest BCUT2D eigenvalue weighted by Gasteiger charge is 2.52. The van der Waals surface area contributed by atoms with Crippen LogP contribution in [0.1, 0.15) is 61.3 Å². The molecule has 0 spiro atoms. The lowest BCUT2D eigenvalue weighted by molar-refractivity contribution is -0.295. The maximum absolute atomic E-state index is 14.2. The molecule has 10 atom stereocenters. The van der Waals surface area contributed by atoms with Crippen molar-refractivity contribution < 1.29 is 38.4 Å². The summed E-state index contributed by atoms with van der Waals surface area (Å²) >= 11 is 0. The Kier molecular flexibility index (Phi) is 12.9. The molecule has 1 amide bonds. The SMILES string of the molecule is CO[C@]1(C)C[C@@H](C)CN(C)[C@@H](C2CN(C(=O)C(C)N(C)C)C2)COC(=O)C(C)(C)C(=O)[C@H](C)[C@H]1O[C@@H]1O[C@H](C)C[C@H](N(C)C)[C@H]1O. The molecule has 1 N–H and O–H groups in total. The third kappa shape index (κ3) is 8.30. The number of nitrogens with zero attached hydrogens (tertiary/aromatic N) is 4. The number of methoxy groups -OCH3 is 1.